The summed E-state index contributed by atoms with van der Waals surface area (Å²) in [5.41, 5.74) is 0. The predicted molar refractivity (Wildman–Crippen MR) is 52.5 cm³/mol. The van der Waals surface area contributed by atoms with Crippen molar-refractivity contribution in [2.24, 2.45) is 0 Å². The van der Waals surface area contributed by atoms with Gasteiger partial charge in [0.25, 0.3) is 0 Å². The third kappa shape index (κ3) is 1.02. The maximum Gasteiger partial charge on any atom is 0.0292 e. The van der Waals surface area contributed by atoms with E-state index in [-0.39, 0.29) is 9.45 Å². The molecule has 0 aromatic heterocycles. The van der Waals surface area contributed by atoms with Gasteiger partial charge in [-0.15, -0.1) is 11.8 Å². The number of rotatable bonds is 0. The van der Waals surface area contributed by atoms with E-state index in [0.717, 1.165) is 5.75 Å². The summed E-state index contributed by atoms with van der Waals surface area (Å²) in [6.45, 7) is 0. The second-order valence-corrected chi connectivity index (χ2v) is 5.49. The van der Waals surface area contributed by atoms with Gasteiger partial charge in [0.05, 0.1) is 0 Å². The minimum absolute atomic E-state index is 0.0146. The molecule has 0 saturated heterocycles. The summed E-state index contributed by atoms with van der Waals surface area (Å²) in [5.74, 6) is 1.11. The first-order valence-corrected chi connectivity index (χ1v) is 6.20. The molecule has 0 nitrogen and oxygen atoms in total. The molecule has 0 N–H and O–H groups in total. The summed E-state index contributed by atoms with van der Waals surface area (Å²) in [6, 6.07) is 0. The Morgan fingerprint density at radius 2 is 2.40 bits per heavy atom. The van der Waals surface area contributed by atoms with Crippen molar-refractivity contribution < 1.29 is 0 Å². The lowest BCUT2D eigenvalue weighted by molar-refractivity contribution is 1.68. The summed E-state index contributed by atoms with van der Waals surface area (Å²) in [4.78, 5) is 2.74. The molecule has 0 bridgehead atoms. The fraction of sp³-hybridized carbons (Fsp3) is 0.143. The van der Waals surface area contributed by atoms with Crippen molar-refractivity contribution >= 4 is 32.4 Å². The summed E-state index contributed by atoms with van der Waals surface area (Å²) in [6.07, 6.45) is 6.50. The minimum atomic E-state index is -0.0146. The highest BCUT2D eigenvalue weighted by Gasteiger charge is 2.12. The van der Waals surface area contributed by atoms with Gasteiger partial charge in [-0.05, 0) is 28.7 Å². The lowest BCUT2D eigenvalue weighted by Gasteiger charge is -2.05. The van der Waals surface area contributed by atoms with Crippen LogP contribution in [0.1, 0.15) is 0 Å². The topological polar surface area (TPSA) is 0 Å². The van der Waals surface area contributed by atoms with Crippen molar-refractivity contribution in [3.05, 3.63) is 33.4 Å². The van der Waals surface area contributed by atoms with Gasteiger partial charge in [-0.3, -0.25) is 0 Å². The maximum absolute atomic E-state index is 5.22. The third-order valence-corrected chi connectivity index (χ3v) is 4.61. The van der Waals surface area contributed by atoms with Gasteiger partial charge in [-0.25, -0.2) is 0 Å². The first kappa shape index (κ1) is 6.83. The normalized spacial score (nSPS) is 29.4. The standard InChI is InChI=1S/C7H6S3/c8-10-5-3-6-7(10)2-1-4-9-6/h1-3,5H,4H2. The summed E-state index contributed by atoms with van der Waals surface area (Å²) in [7, 11) is -0.0146. The Balaban J connectivity index is 2.46. The minimum Gasteiger partial charge on any atom is -0.121 e. The average molecular weight is 186 g/mol. The largest absolute Gasteiger partial charge is 0.121 e. The molecule has 0 aromatic carbocycles. The van der Waals surface area contributed by atoms with Gasteiger partial charge in [0.1, 0.15) is 0 Å². The van der Waals surface area contributed by atoms with Gasteiger partial charge in [0, 0.05) is 15.6 Å². The molecule has 0 aromatic rings. The number of hydrogen-bond donors (Lipinski definition) is 0. The van der Waals surface area contributed by atoms with Crippen LogP contribution < -0.4 is 0 Å². The molecular weight excluding hydrogens is 180 g/mol. The van der Waals surface area contributed by atoms with Crippen LogP contribution in [0.3, 0.4) is 0 Å². The highest BCUT2D eigenvalue weighted by molar-refractivity contribution is 8.33. The summed E-state index contributed by atoms with van der Waals surface area (Å²) >= 11 is 7.10. The highest BCUT2D eigenvalue weighted by atomic mass is 32.8. The second kappa shape index (κ2) is 2.64. The van der Waals surface area contributed by atoms with Crippen LogP contribution in [-0.2, 0) is 20.6 Å². The van der Waals surface area contributed by atoms with Crippen LogP contribution in [0, 0.1) is 0 Å². The van der Waals surface area contributed by atoms with Gasteiger partial charge in [0.2, 0.25) is 0 Å². The predicted octanol–water partition coefficient (Wildman–Crippen LogP) is 2.11. The zero-order valence-electron chi connectivity index (χ0n) is 5.24. The molecule has 0 radical (unpaired) electrons. The molecule has 0 amide bonds. The smallest absolute Gasteiger partial charge is 0.0292 e. The van der Waals surface area contributed by atoms with Crippen LogP contribution in [0.2, 0.25) is 0 Å². The SMILES string of the molecule is S=S1C=CC2=C1C=CCS2. The molecule has 1 unspecified atom stereocenters. The zero-order chi connectivity index (χ0) is 6.97. The molecule has 0 fully saturated rings. The van der Waals surface area contributed by atoms with Crippen molar-refractivity contribution in [2.75, 3.05) is 5.75 Å². The average Bonchev–Trinajstić information content (AvgIpc) is 2.34. The molecule has 3 heteroatoms. The van der Waals surface area contributed by atoms with E-state index in [2.05, 4.69) is 23.6 Å². The molecule has 2 rings (SSSR count). The van der Waals surface area contributed by atoms with E-state index >= 15 is 0 Å². The first-order valence-electron chi connectivity index (χ1n) is 3.00. The lowest BCUT2D eigenvalue weighted by atomic mass is 10.4. The van der Waals surface area contributed by atoms with Gasteiger partial charge in [-0.2, -0.15) is 0 Å². The maximum atomic E-state index is 5.22. The molecule has 52 valence electrons. The Morgan fingerprint density at radius 1 is 1.50 bits per heavy atom. The van der Waals surface area contributed by atoms with Crippen molar-refractivity contribution in [2.45, 2.75) is 0 Å². The van der Waals surface area contributed by atoms with E-state index in [1.807, 2.05) is 11.8 Å². The van der Waals surface area contributed by atoms with Crippen molar-refractivity contribution in [3.8, 4) is 0 Å². The summed E-state index contributed by atoms with van der Waals surface area (Å²) < 4.78 is 0. The number of allylic oxidation sites excluding steroid dienone is 2. The fourth-order valence-corrected chi connectivity index (χ4v) is 3.88. The molecule has 0 spiro atoms. The van der Waals surface area contributed by atoms with Crippen LogP contribution in [0.15, 0.2) is 33.4 Å². The van der Waals surface area contributed by atoms with Crippen LogP contribution in [-0.4, -0.2) is 5.75 Å². The molecule has 2 aliphatic heterocycles. The molecular formula is C7H6S3. The van der Waals surface area contributed by atoms with E-state index in [1.54, 1.807) is 0 Å². The Kier molecular flexibility index (Phi) is 1.80. The zero-order valence-corrected chi connectivity index (χ0v) is 7.69. The molecule has 2 heterocycles. The van der Waals surface area contributed by atoms with Crippen LogP contribution >= 0.6 is 11.8 Å². The molecule has 0 saturated carbocycles. The Bertz CT molecular complexity index is 271. The quantitative estimate of drug-likeness (QED) is 0.568. The van der Waals surface area contributed by atoms with Gasteiger partial charge in [0.15, 0.2) is 0 Å². The Morgan fingerprint density at radius 3 is 3.20 bits per heavy atom. The van der Waals surface area contributed by atoms with E-state index in [1.165, 1.54) is 9.81 Å². The lowest BCUT2D eigenvalue weighted by Crippen LogP contribution is -1.88. The second-order valence-electron chi connectivity index (χ2n) is 2.04. The molecule has 0 aliphatic carbocycles. The number of hydrogen-bond acceptors (Lipinski definition) is 2. The van der Waals surface area contributed by atoms with E-state index < -0.39 is 0 Å². The monoisotopic (exact) mass is 186 g/mol. The summed E-state index contributed by atoms with van der Waals surface area (Å²) in [5, 5.41) is 2.11. The van der Waals surface area contributed by atoms with Crippen molar-refractivity contribution in [1.29, 1.82) is 0 Å². The van der Waals surface area contributed by atoms with Gasteiger partial charge in [-0.1, -0.05) is 15.5 Å². The third-order valence-electron chi connectivity index (χ3n) is 1.41. The Labute approximate surface area is 71.7 Å². The molecule has 2 aliphatic rings. The van der Waals surface area contributed by atoms with Crippen LogP contribution in [0.4, 0.5) is 0 Å². The Hall–Kier alpha value is 0.140. The number of thioether (sulfide) groups is 1. The van der Waals surface area contributed by atoms with Gasteiger partial charge >= 0.3 is 0 Å². The van der Waals surface area contributed by atoms with Crippen molar-refractivity contribution in [1.82, 2.24) is 0 Å². The van der Waals surface area contributed by atoms with Gasteiger partial charge < -0.3 is 0 Å². The van der Waals surface area contributed by atoms with Crippen LogP contribution in [0.25, 0.3) is 0 Å². The van der Waals surface area contributed by atoms with E-state index in [4.69, 9.17) is 11.2 Å². The van der Waals surface area contributed by atoms with Crippen molar-refractivity contribution in [3.63, 3.8) is 0 Å². The highest BCUT2D eigenvalue weighted by Crippen LogP contribution is 2.33. The first-order chi connectivity index (χ1) is 4.88. The van der Waals surface area contributed by atoms with E-state index in [0.29, 0.717) is 0 Å². The fourth-order valence-electron chi connectivity index (χ4n) is 0.940. The van der Waals surface area contributed by atoms with Crippen LogP contribution in [0.5, 0.6) is 0 Å². The van der Waals surface area contributed by atoms with E-state index in [9.17, 15) is 0 Å². The molecule has 10 heavy (non-hydrogen) atoms. The molecule has 1 atom stereocenters.